The summed E-state index contributed by atoms with van der Waals surface area (Å²) in [4.78, 5) is 62.7. The minimum absolute atomic E-state index is 0.0139. The molecule has 4 atom stereocenters. The first-order valence-corrected chi connectivity index (χ1v) is 11.6. The van der Waals surface area contributed by atoms with Gasteiger partial charge in [0.2, 0.25) is 17.7 Å². The van der Waals surface area contributed by atoms with E-state index in [0.29, 0.717) is 6.42 Å². The molecule has 11 nitrogen and oxygen atoms in total. The van der Waals surface area contributed by atoms with Gasteiger partial charge in [0.25, 0.3) is 0 Å². The Kier molecular flexibility index (Phi) is 10.2. The molecule has 1 aromatic carbocycles. The Morgan fingerprint density at radius 2 is 1.66 bits per heavy atom. The van der Waals surface area contributed by atoms with Crippen molar-refractivity contribution in [2.45, 2.75) is 70.1 Å². The molecule has 0 spiro atoms. The summed E-state index contributed by atoms with van der Waals surface area (Å²) in [5.41, 5.74) is 6.88. The highest BCUT2D eigenvalue weighted by molar-refractivity contribution is 5.95. The van der Waals surface area contributed by atoms with Crippen molar-refractivity contribution in [3.8, 4) is 0 Å². The maximum absolute atomic E-state index is 13.1. The molecule has 4 unspecified atom stereocenters. The van der Waals surface area contributed by atoms with Crippen LogP contribution in [0.3, 0.4) is 0 Å². The van der Waals surface area contributed by atoms with Gasteiger partial charge < -0.3 is 31.5 Å². The first kappa shape index (κ1) is 27.8. The zero-order valence-corrected chi connectivity index (χ0v) is 20.0. The highest BCUT2D eigenvalue weighted by atomic mass is 16.4. The summed E-state index contributed by atoms with van der Waals surface area (Å²) >= 11 is 0. The van der Waals surface area contributed by atoms with Crippen molar-refractivity contribution in [3.05, 3.63) is 35.9 Å². The first-order valence-electron chi connectivity index (χ1n) is 11.6. The van der Waals surface area contributed by atoms with Gasteiger partial charge >= 0.3 is 11.9 Å². The van der Waals surface area contributed by atoms with Crippen LogP contribution in [-0.4, -0.2) is 75.5 Å². The summed E-state index contributed by atoms with van der Waals surface area (Å²) < 4.78 is 0. The van der Waals surface area contributed by atoms with E-state index < -0.39 is 60.2 Å². The van der Waals surface area contributed by atoms with E-state index in [0.717, 1.165) is 10.5 Å². The molecule has 192 valence electrons. The molecule has 1 heterocycles. The predicted octanol–water partition coefficient (Wildman–Crippen LogP) is 0.122. The molecule has 3 amide bonds. The zero-order valence-electron chi connectivity index (χ0n) is 20.0. The molecular weight excluding hydrogens is 456 g/mol. The number of carboxylic acids is 2. The number of rotatable bonds is 12. The summed E-state index contributed by atoms with van der Waals surface area (Å²) in [5, 5.41) is 23.7. The van der Waals surface area contributed by atoms with Crippen LogP contribution in [0.15, 0.2) is 30.3 Å². The van der Waals surface area contributed by atoms with Crippen LogP contribution in [0, 0.1) is 5.92 Å². The van der Waals surface area contributed by atoms with E-state index in [1.807, 2.05) is 44.2 Å². The minimum atomic E-state index is -1.47. The van der Waals surface area contributed by atoms with Gasteiger partial charge in [0.05, 0.1) is 12.5 Å². The van der Waals surface area contributed by atoms with Crippen molar-refractivity contribution in [1.29, 1.82) is 0 Å². The van der Waals surface area contributed by atoms with Crippen LogP contribution in [0.25, 0.3) is 0 Å². The molecule has 1 aromatic rings. The largest absolute Gasteiger partial charge is 0.481 e. The molecule has 0 radical (unpaired) electrons. The Morgan fingerprint density at radius 1 is 1.03 bits per heavy atom. The number of likely N-dealkylation sites (tertiary alicyclic amines) is 1. The number of hydrogen-bond acceptors (Lipinski definition) is 6. The average molecular weight is 491 g/mol. The van der Waals surface area contributed by atoms with Crippen LogP contribution < -0.4 is 16.4 Å². The third-order valence-electron chi connectivity index (χ3n) is 5.79. The number of aliphatic carboxylic acids is 2. The lowest BCUT2D eigenvalue weighted by Crippen LogP contribution is -2.57. The van der Waals surface area contributed by atoms with Gasteiger partial charge in [0.1, 0.15) is 18.1 Å². The standard InChI is InChI=1S/C24H34N4O7/c1-14(2)11-17(26-21(31)16(25)12-15-7-4-3-5-8-15)22(32)27-18(13-20(29)30)23(33)28-10-6-9-19(28)24(34)35/h3-5,7-8,14,16-19H,6,9-13,25H2,1-2H3,(H,26,31)(H,27,32)(H,29,30)(H,34,35). The smallest absolute Gasteiger partial charge is 0.326 e. The number of nitrogens with zero attached hydrogens (tertiary/aromatic N) is 1. The second-order valence-corrected chi connectivity index (χ2v) is 9.17. The van der Waals surface area contributed by atoms with Crippen molar-refractivity contribution < 1.29 is 34.2 Å². The summed E-state index contributed by atoms with van der Waals surface area (Å²) in [6.07, 6.45) is 0.477. The lowest BCUT2D eigenvalue weighted by Gasteiger charge is -2.28. The fraction of sp³-hybridized carbons (Fsp3) is 0.542. The molecule has 1 aliphatic rings. The van der Waals surface area contributed by atoms with Crippen LogP contribution in [0.4, 0.5) is 0 Å². The van der Waals surface area contributed by atoms with Gasteiger partial charge in [-0.15, -0.1) is 0 Å². The third kappa shape index (κ3) is 8.36. The van der Waals surface area contributed by atoms with Gasteiger partial charge in [0, 0.05) is 6.54 Å². The van der Waals surface area contributed by atoms with Crippen LogP contribution in [-0.2, 0) is 30.4 Å². The Labute approximate surface area is 204 Å². The molecule has 2 rings (SSSR count). The maximum Gasteiger partial charge on any atom is 0.326 e. The van der Waals surface area contributed by atoms with Crippen molar-refractivity contribution in [1.82, 2.24) is 15.5 Å². The second kappa shape index (κ2) is 12.8. The van der Waals surface area contributed by atoms with Crippen molar-refractivity contribution in [2.24, 2.45) is 11.7 Å². The first-order chi connectivity index (χ1) is 16.5. The van der Waals surface area contributed by atoms with Gasteiger partial charge in [0.15, 0.2) is 0 Å². The molecule has 11 heteroatoms. The maximum atomic E-state index is 13.1. The molecule has 0 saturated carbocycles. The number of nitrogens with one attached hydrogen (secondary N) is 2. The van der Waals surface area contributed by atoms with Gasteiger partial charge in [-0.2, -0.15) is 0 Å². The lowest BCUT2D eigenvalue weighted by molar-refractivity contribution is -0.150. The molecule has 35 heavy (non-hydrogen) atoms. The number of carbonyl (C=O) groups excluding carboxylic acids is 3. The molecule has 0 aromatic heterocycles. The Bertz CT molecular complexity index is 922. The Hall–Kier alpha value is -3.47. The fourth-order valence-corrected chi connectivity index (χ4v) is 4.08. The monoisotopic (exact) mass is 490 g/mol. The molecule has 1 aliphatic heterocycles. The molecule has 1 fully saturated rings. The summed E-state index contributed by atoms with van der Waals surface area (Å²) in [6, 6.07) is 4.63. The van der Waals surface area contributed by atoms with Crippen molar-refractivity contribution in [2.75, 3.05) is 6.54 Å². The van der Waals surface area contributed by atoms with E-state index in [1.54, 1.807) is 0 Å². The summed E-state index contributed by atoms with van der Waals surface area (Å²) in [5.74, 6) is -4.59. The van der Waals surface area contributed by atoms with Gasteiger partial charge in [-0.1, -0.05) is 44.2 Å². The normalized spacial score (nSPS) is 17.9. The van der Waals surface area contributed by atoms with Crippen LogP contribution in [0.5, 0.6) is 0 Å². The molecular formula is C24H34N4O7. The number of nitrogens with two attached hydrogens (primary N) is 1. The molecule has 0 aliphatic carbocycles. The Balaban J connectivity index is 2.13. The number of hydrogen-bond donors (Lipinski definition) is 5. The topological polar surface area (TPSA) is 179 Å². The van der Waals surface area contributed by atoms with Crippen molar-refractivity contribution in [3.63, 3.8) is 0 Å². The van der Waals surface area contributed by atoms with Crippen molar-refractivity contribution >= 4 is 29.7 Å². The average Bonchev–Trinajstić information content (AvgIpc) is 3.28. The highest BCUT2D eigenvalue weighted by Gasteiger charge is 2.39. The van der Waals surface area contributed by atoms with E-state index >= 15 is 0 Å². The summed E-state index contributed by atoms with van der Waals surface area (Å²) in [7, 11) is 0. The fourth-order valence-electron chi connectivity index (χ4n) is 4.08. The Morgan fingerprint density at radius 3 is 2.23 bits per heavy atom. The molecule has 6 N–H and O–H groups in total. The second-order valence-electron chi connectivity index (χ2n) is 9.17. The van der Waals surface area contributed by atoms with Crippen LogP contribution in [0.2, 0.25) is 0 Å². The predicted molar refractivity (Wildman–Crippen MR) is 126 cm³/mol. The van der Waals surface area contributed by atoms with Gasteiger partial charge in [-0.25, -0.2) is 4.79 Å². The van der Waals surface area contributed by atoms with E-state index in [2.05, 4.69) is 10.6 Å². The third-order valence-corrected chi connectivity index (χ3v) is 5.79. The van der Waals surface area contributed by atoms with E-state index in [-0.39, 0.29) is 31.7 Å². The van der Waals surface area contributed by atoms with E-state index in [1.165, 1.54) is 0 Å². The van der Waals surface area contributed by atoms with Gasteiger partial charge in [-0.05, 0) is 37.2 Å². The van der Waals surface area contributed by atoms with E-state index in [4.69, 9.17) is 5.73 Å². The number of carboxylic acid groups (broad SMARTS) is 2. The van der Waals surface area contributed by atoms with Crippen LogP contribution >= 0.6 is 0 Å². The summed E-state index contributed by atoms with van der Waals surface area (Å²) in [6.45, 7) is 3.85. The number of amides is 3. The molecule has 0 bridgehead atoms. The SMILES string of the molecule is CC(C)CC(NC(=O)C(N)Cc1ccccc1)C(=O)NC(CC(=O)O)C(=O)N1CCCC1C(=O)O. The molecule has 1 saturated heterocycles. The minimum Gasteiger partial charge on any atom is -0.481 e. The van der Waals surface area contributed by atoms with Crippen LogP contribution in [0.1, 0.15) is 45.1 Å². The highest BCUT2D eigenvalue weighted by Crippen LogP contribution is 2.19. The van der Waals surface area contributed by atoms with E-state index in [9.17, 15) is 34.2 Å². The number of benzene rings is 1. The quantitative estimate of drug-likeness (QED) is 0.274. The lowest BCUT2D eigenvalue weighted by atomic mass is 10.0. The van der Waals surface area contributed by atoms with Gasteiger partial charge in [-0.3, -0.25) is 19.2 Å². The zero-order chi connectivity index (χ0) is 26.1. The number of carbonyl (C=O) groups is 5.